The van der Waals surface area contributed by atoms with Crippen molar-refractivity contribution in [2.45, 2.75) is 386 Å². The molecule has 0 aromatic heterocycles. The zero-order valence-electron chi connectivity index (χ0n) is 51.3. The number of hydrogen-bond donors (Lipinski definition) is 3. The number of aliphatic hydroxyl groups excluding tert-OH is 2. The van der Waals surface area contributed by atoms with Crippen molar-refractivity contribution in [2.24, 2.45) is 0 Å². The van der Waals surface area contributed by atoms with Crippen LogP contribution in [0.5, 0.6) is 0 Å². The number of allylic oxidation sites excluding steroid dienone is 6. The van der Waals surface area contributed by atoms with Crippen molar-refractivity contribution in [3.05, 3.63) is 36.5 Å². The lowest BCUT2D eigenvalue weighted by atomic mass is 10.0. The van der Waals surface area contributed by atoms with E-state index >= 15 is 0 Å². The van der Waals surface area contributed by atoms with E-state index in [1.54, 1.807) is 0 Å². The number of unbranched alkanes of at least 4 members (excludes halogenated alkanes) is 47. The molecule has 0 aromatic carbocycles. The van der Waals surface area contributed by atoms with Gasteiger partial charge >= 0.3 is 5.97 Å². The molecule has 448 valence electrons. The Labute approximate surface area is 474 Å². The molecule has 76 heavy (non-hydrogen) atoms. The largest absolute Gasteiger partial charge is 0.466 e. The van der Waals surface area contributed by atoms with Crippen LogP contribution in [0.1, 0.15) is 373 Å². The van der Waals surface area contributed by atoms with Crippen molar-refractivity contribution in [1.82, 2.24) is 5.32 Å². The lowest BCUT2D eigenvalue weighted by Crippen LogP contribution is -2.45. The second-order valence-corrected chi connectivity index (χ2v) is 23.5. The Balaban J connectivity index is 3.43. The lowest BCUT2D eigenvalue weighted by Gasteiger charge is -2.22. The van der Waals surface area contributed by atoms with Crippen molar-refractivity contribution in [1.29, 1.82) is 0 Å². The van der Waals surface area contributed by atoms with Gasteiger partial charge in [0.15, 0.2) is 0 Å². The summed E-state index contributed by atoms with van der Waals surface area (Å²) in [6.45, 7) is 4.97. The summed E-state index contributed by atoms with van der Waals surface area (Å²) in [6, 6.07) is -0.547. The molecule has 0 aliphatic carbocycles. The molecular weight excluding hydrogens is 935 g/mol. The summed E-state index contributed by atoms with van der Waals surface area (Å²) >= 11 is 0. The average Bonchev–Trinajstić information content (AvgIpc) is 3.42. The van der Waals surface area contributed by atoms with E-state index in [4.69, 9.17) is 4.74 Å². The predicted molar refractivity (Wildman–Crippen MR) is 333 cm³/mol. The first-order valence-corrected chi connectivity index (χ1v) is 34.2. The average molecular weight is 1070 g/mol. The fourth-order valence-electron chi connectivity index (χ4n) is 10.7. The van der Waals surface area contributed by atoms with Crippen molar-refractivity contribution >= 4 is 11.9 Å². The van der Waals surface area contributed by atoms with Gasteiger partial charge in [0.2, 0.25) is 5.91 Å². The molecule has 3 N–H and O–H groups in total. The highest BCUT2D eigenvalue weighted by Crippen LogP contribution is 2.18. The molecular formula is C70H133NO5. The topological polar surface area (TPSA) is 95.9 Å². The van der Waals surface area contributed by atoms with Gasteiger partial charge in [0.1, 0.15) is 0 Å². The molecule has 2 atom stereocenters. The van der Waals surface area contributed by atoms with Crippen molar-refractivity contribution in [2.75, 3.05) is 13.2 Å². The fourth-order valence-corrected chi connectivity index (χ4v) is 10.7. The molecule has 0 saturated heterocycles. The molecule has 0 saturated carbocycles. The molecule has 0 rings (SSSR count). The SMILES string of the molecule is CCCCCCCCC/C=C\CCCCCCCC(=O)OCCCCCCCCCCC/C=C\C/C=C\CCCCCCCCCCCC(=O)NC(CO)C(O)CCCCCCCCCCCCCCCCCCCC. The van der Waals surface area contributed by atoms with Gasteiger partial charge < -0.3 is 20.3 Å². The summed E-state index contributed by atoms with van der Waals surface area (Å²) in [6.07, 6.45) is 83.2. The minimum Gasteiger partial charge on any atom is -0.466 e. The normalized spacial score (nSPS) is 12.7. The Bertz CT molecular complexity index is 1230. The number of carbonyl (C=O) groups excluding carboxylic acids is 2. The molecule has 2 unspecified atom stereocenters. The third kappa shape index (κ3) is 61.3. The molecule has 6 heteroatoms. The number of carbonyl (C=O) groups is 2. The molecule has 0 bridgehead atoms. The van der Waals surface area contributed by atoms with Crippen LogP contribution in [-0.4, -0.2) is 47.4 Å². The van der Waals surface area contributed by atoms with Crippen LogP contribution in [0.15, 0.2) is 36.5 Å². The van der Waals surface area contributed by atoms with E-state index in [0.717, 1.165) is 51.4 Å². The van der Waals surface area contributed by atoms with E-state index < -0.39 is 12.1 Å². The Kier molecular flexibility index (Phi) is 63.9. The first kappa shape index (κ1) is 74.1. The smallest absolute Gasteiger partial charge is 0.305 e. The van der Waals surface area contributed by atoms with Crippen molar-refractivity contribution in [3.8, 4) is 0 Å². The number of amides is 1. The molecule has 1 amide bonds. The summed E-state index contributed by atoms with van der Waals surface area (Å²) in [5.74, 6) is -0.0362. The summed E-state index contributed by atoms with van der Waals surface area (Å²) in [4.78, 5) is 24.6. The molecule has 0 aromatic rings. The van der Waals surface area contributed by atoms with Crippen LogP contribution >= 0.6 is 0 Å². The zero-order valence-corrected chi connectivity index (χ0v) is 51.3. The van der Waals surface area contributed by atoms with Crippen LogP contribution in [0, 0.1) is 0 Å². The molecule has 0 heterocycles. The standard InChI is InChI=1S/C70H133NO5/c1-3-5-7-9-11-13-15-17-19-21-31-34-38-42-46-50-54-58-62-68(73)67(66-72)71-69(74)63-59-55-51-47-43-39-35-32-29-27-25-23-22-24-26-28-30-33-37-41-45-49-53-57-61-65-76-70(75)64-60-56-52-48-44-40-36-20-18-16-14-12-10-8-6-4-2/h20,23-26,36,67-68,72-73H,3-19,21-22,27-35,37-66H2,1-2H3,(H,71,74)/b25-23-,26-24-,36-20-. The number of esters is 1. The van der Waals surface area contributed by atoms with Crippen LogP contribution in [0.3, 0.4) is 0 Å². The number of aliphatic hydroxyl groups is 2. The van der Waals surface area contributed by atoms with Crippen molar-refractivity contribution in [3.63, 3.8) is 0 Å². The second-order valence-electron chi connectivity index (χ2n) is 23.5. The summed E-state index contributed by atoms with van der Waals surface area (Å²) < 4.78 is 5.49. The summed E-state index contributed by atoms with van der Waals surface area (Å²) in [5, 5.41) is 23.4. The summed E-state index contributed by atoms with van der Waals surface area (Å²) in [7, 11) is 0. The first-order chi connectivity index (χ1) is 37.5. The van der Waals surface area contributed by atoms with Crippen molar-refractivity contribution < 1.29 is 24.5 Å². The monoisotopic (exact) mass is 1070 g/mol. The molecule has 6 nitrogen and oxygen atoms in total. The predicted octanol–water partition coefficient (Wildman–Crippen LogP) is 21.9. The van der Waals surface area contributed by atoms with Crippen LogP contribution < -0.4 is 5.32 Å². The maximum atomic E-state index is 12.5. The van der Waals surface area contributed by atoms with E-state index in [1.807, 2.05) is 0 Å². The third-order valence-electron chi connectivity index (χ3n) is 15.9. The van der Waals surface area contributed by atoms with Gasteiger partial charge in [-0.3, -0.25) is 9.59 Å². The second kappa shape index (κ2) is 65.6. The lowest BCUT2D eigenvalue weighted by molar-refractivity contribution is -0.143. The van der Waals surface area contributed by atoms with Crippen LogP contribution in [0.2, 0.25) is 0 Å². The zero-order chi connectivity index (χ0) is 55.0. The van der Waals surface area contributed by atoms with Gasteiger partial charge in [-0.25, -0.2) is 0 Å². The summed E-state index contributed by atoms with van der Waals surface area (Å²) in [5.41, 5.74) is 0. The van der Waals surface area contributed by atoms with Crippen LogP contribution in [0.25, 0.3) is 0 Å². The first-order valence-electron chi connectivity index (χ1n) is 34.2. The van der Waals surface area contributed by atoms with Gasteiger partial charge in [0, 0.05) is 12.8 Å². The molecule has 0 fully saturated rings. The van der Waals surface area contributed by atoms with E-state index in [1.165, 1.54) is 289 Å². The van der Waals surface area contributed by atoms with Gasteiger partial charge in [0.05, 0.1) is 25.4 Å². The van der Waals surface area contributed by atoms with Gasteiger partial charge in [0.25, 0.3) is 0 Å². The van der Waals surface area contributed by atoms with Gasteiger partial charge in [-0.1, -0.05) is 314 Å². The van der Waals surface area contributed by atoms with Crippen LogP contribution in [-0.2, 0) is 14.3 Å². The van der Waals surface area contributed by atoms with Crippen LogP contribution in [0.4, 0.5) is 0 Å². The highest BCUT2D eigenvalue weighted by molar-refractivity contribution is 5.76. The van der Waals surface area contributed by atoms with Gasteiger partial charge in [-0.05, 0) is 83.5 Å². The minimum absolute atomic E-state index is 0.00206. The number of hydrogen-bond acceptors (Lipinski definition) is 5. The Hall–Kier alpha value is -1.92. The molecule has 0 radical (unpaired) electrons. The Morgan fingerprint density at radius 3 is 1.01 bits per heavy atom. The Morgan fingerprint density at radius 1 is 0.368 bits per heavy atom. The number of rotatable bonds is 64. The maximum absolute atomic E-state index is 12.5. The van der Waals surface area contributed by atoms with E-state index in [2.05, 4.69) is 55.6 Å². The minimum atomic E-state index is -0.669. The van der Waals surface area contributed by atoms with Gasteiger partial charge in [-0.15, -0.1) is 0 Å². The molecule has 0 aliphatic heterocycles. The number of nitrogens with one attached hydrogen (secondary N) is 1. The number of ether oxygens (including phenoxy) is 1. The molecule has 0 aliphatic rings. The Morgan fingerprint density at radius 2 is 0.658 bits per heavy atom. The van der Waals surface area contributed by atoms with E-state index in [-0.39, 0.29) is 18.5 Å². The maximum Gasteiger partial charge on any atom is 0.305 e. The molecule has 0 spiro atoms. The van der Waals surface area contributed by atoms with E-state index in [0.29, 0.717) is 25.9 Å². The highest BCUT2D eigenvalue weighted by Gasteiger charge is 2.20. The quantitative estimate of drug-likeness (QED) is 0.0320. The highest BCUT2D eigenvalue weighted by atomic mass is 16.5. The fraction of sp³-hybridized carbons (Fsp3) is 0.886. The third-order valence-corrected chi connectivity index (χ3v) is 15.9. The van der Waals surface area contributed by atoms with Gasteiger partial charge in [-0.2, -0.15) is 0 Å². The van der Waals surface area contributed by atoms with E-state index in [9.17, 15) is 19.8 Å².